The Bertz CT molecular complexity index is 541. The lowest BCUT2D eigenvalue weighted by Gasteiger charge is -2.33. The Morgan fingerprint density at radius 2 is 2.29 bits per heavy atom. The maximum absolute atomic E-state index is 12.0. The molecule has 7 heteroatoms. The van der Waals surface area contributed by atoms with Gasteiger partial charge in [-0.15, -0.1) is 11.3 Å². The number of rotatable bonds is 7. The fourth-order valence-corrected chi connectivity index (χ4v) is 4.53. The van der Waals surface area contributed by atoms with Crippen LogP contribution < -0.4 is 4.72 Å². The van der Waals surface area contributed by atoms with E-state index in [1.807, 2.05) is 17.5 Å². The van der Waals surface area contributed by atoms with Crippen LogP contribution >= 0.6 is 11.3 Å². The van der Waals surface area contributed by atoms with E-state index in [0.29, 0.717) is 25.6 Å². The molecule has 2 fully saturated rings. The average molecular weight is 330 g/mol. The predicted octanol–water partition coefficient (Wildman–Crippen LogP) is 1.07. The molecule has 0 unspecified atom stereocenters. The number of hydrogen-bond acceptors (Lipinski definition) is 5. The van der Waals surface area contributed by atoms with E-state index in [4.69, 9.17) is 4.74 Å². The normalized spacial score (nSPS) is 24.3. The van der Waals surface area contributed by atoms with Gasteiger partial charge in [0.15, 0.2) is 0 Å². The van der Waals surface area contributed by atoms with Crippen molar-refractivity contribution in [1.82, 2.24) is 9.62 Å². The Balaban J connectivity index is 1.42. The Hall–Kier alpha value is -0.470. The van der Waals surface area contributed by atoms with Crippen LogP contribution in [0.25, 0.3) is 0 Å². The van der Waals surface area contributed by atoms with E-state index in [9.17, 15) is 8.42 Å². The first-order valence-corrected chi connectivity index (χ1v) is 10.0. The van der Waals surface area contributed by atoms with Crippen LogP contribution in [0.2, 0.25) is 0 Å². The summed E-state index contributed by atoms with van der Waals surface area (Å²) in [5, 5.41) is 1.97. The highest BCUT2D eigenvalue weighted by molar-refractivity contribution is 7.89. The van der Waals surface area contributed by atoms with Crippen LogP contribution in [-0.4, -0.2) is 57.5 Å². The van der Waals surface area contributed by atoms with Crippen molar-refractivity contribution in [2.45, 2.75) is 31.4 Å². The van der Waals surface area contributed by atoms with Gasteiger partial charge in [0.2, 0.25) is 10.0 Å². The van der Waals surface area contributed by atoms with Crippen LogP contribution in [0.15, 0.2) is 17.5 Å². The topological polar surface area (TPSA) is 58.6 Å². The zero-order valence-electron chi connectivity index (χ0n) is 12.0. The number of ether oxygens (including phenoxy) is 1. The number of nitrogens with one attached hydrogen (secondary N) is 1. The van der Waals surface area contributed by atoms with Crippen molar-refractivity contribution in [2.75, 3.05) is 32.0 Å². The van der Waals surface area contributed by atoms with Gasteiger partial charge in [-0.05, 0) is 30.7 Å². The molecule has 2 aliphatic rings. The molecule has 1 atom stereocenters. The molecular formula is C14H22N2O3S2. The van der Waals surface area contributed by atoms with E-state index in [0.717, 1.165) is 18.0 Å². The minimum Gasteiger partial charge on any atom is -0.374 e. The third kappa shape index (κ3) is 4.75. The number of morpholine rings is 1. The molecule has 21 heavy (non-hydrogen) atoms. The van der Waals surface area contributed by atoms with Gasteiger partial charge in [-0.2, -0.15) is 0 Å². The van der Waals surface area contributed by atoms with Gasteiger partial charge in [-0.25, -0.2) is 13.1 Å². The van der Waals surface area contributed by atoms with Crippen molar-refractivity contribution in [3.63, 3.8) is 0 Å². The number of hydrogen-bond donors (Lipinski definition) is 1. The van der Waals surface area contributed by atoms with Gasteiger partial charge in [0.25, 0.3) is 0 Å². The highest BCUT2D eigenvalue weighted by Crippen LogP contribution is 2.28. The minimum absolute atomic E-state index is 0.0177. The maximum atomic E-state index is 12.0. The molecule has 1 aliphatic heterocycles. The second-order valence-electron chi connectivity index (χ2n) is 5.72. The highest BCUT2D eigenvalue weighted by atomic mass is 32.2. The van der Waals surface area contributed by atoms with E-state index >= 15 is 0 Å². The lowest BCUT2D eigenvalue weighted by Crippen LogP contribution is -2.48. The molecule has 1 N–H and O–H groups in total. The Morgan fingerprint density at radius 1 is 1.43 bits per heavy atom. The van der Waals surface area contributed by atoms with Crippen LogP contribution in [-0.2, 0) is 21.2 Å². The van der Waals surface area contributed by atoms with Crippen LogP contribution in [0.3, 0.4) is 0 Å². The molecule has 0 radical (unpaired) electrons. The Labute approximate surface area is 130 Å². The van der Waals surface area contributed by atoms with Crippen LogP contribution in [0.4, 0.5) is 0 Å². The van der Waals surface area contributed by atoms with Crippen molar-refractivity contribution < 1.29 is 13.2 Å². The van der Waals surface area contributed by atoms with Crippen molar-refractivity contribution >= 4 is 21.4 Å². The summed E-state index contributed by atoms with van der Waals surface area (Å²) in [6.07, 6.45) is 3.11. The monoisotopic (exact) mass is 330 g/mol. The summed E-state index contributed by atoms with van der Waals surface area (Å²) in [5.41, 5.74) is 0. The summed E-state index contributed by atoms with van der Waals surface area (Å²) >= 11 is 1.60. The molecule has 2 heterocycles. The number of aryl methyl sites for hydroxylation is 1. The Kier molecular flexibility index (Phi) is 4.96. The number of nitrogens with zero attached hydrogens (tertiary/aromatic N) is 1. The van der Waals surface area contributed by atoms with Crippen molar-refractivity contribution in [2.24, 2.45) is 0 Å². The second-order valence-corrected chi connectivity index (χ2v) is 8.67. The molecular weight excluding hydrogens is 308 g/mol. The second kappa shape index (κ2) is 6.75. The molecule has 5 nitrogen and oxygen atoms in total. The highest BCUT2D eigenvalue weighted by Gasteiger charge is 2.33. The van der Waals surface area contributed by atoms with Crippen molar-refractivity contribution in [3.8, 4) is 0 Å². The van der Waals surface area contributed by atoms with Crippen LogP contribution in [0.5, 0.6) is 0 Å². The number of sulfonamides is 1. The molecule has 118 valence electrons. The molecule has 1 aromatic rings. The lowest BCUT2D eigenvalue weighted by atomic mass is 10.2. The smallest absolute Gasteiger partial charge is 0.212 e. The third-order valence-corrected chi connectivity index (χ3v) is 6.25. The van der Waals surface area contributed by atoms with Gasteiger partial charge in [-0.1, -0.05) is 6.07 Å². The first-order valence-electron chi connectivity index (χ1n) is 7.48. The predicted molar refractivity (Wildman–Crippen MR) is 84.1 cm³/mol. The molecule has 0 amide bonds. The molecule has 1 aromatic heterocycles. The molecule has 1 saturated carbocycles. The molecule has 0 bridgehead atoms. The van der Waals surface area contributed by atoms with Gasteiger partial charge in [0.1, 0.15) is 0 Å². The molecule has 1 aliphatic carbocycles. The lowest BCUT2D eigenvalue weighted by molar-refractivity contribution is -0.0277. The zero-order chi connectivity index (χ0) is 14.7. The van der Waals surface area contributed by atoms with Crippen molar-refractivity contribution in [3.05, 3.63) is 22.4 Å². The van der Waals surface area contributed by atoms with Crippen LogP contribution in [0.1, 0.15) is 17.7 Å². The molecule has 0 aromatic carbocycles. The first kappa shape index (κ1) is 15.4. The maximum Gasteiger partial charge on any atom is 0.212 e. The minimum atomic E-state index is -3.22. The van der Waals surface area contributed by atoms with Gasteiger partial charge < -0.3 is 4.74 Å². The van der Waals surface area contributed by atoms with E-state index in [1.165, 1.54) is 12.8 Å². The van der Waals surface area contributed by atoms with Gasteiger partial charge >= 0.3 is 0 Å². The molecule has 1 saturated heterocycles. The number of thiophene rings is 1. The van der Waals surface area contributed by atoms with E-state index in [1.54, 1.807) is 11.3 Å². The fraction of sp³-hybridized carbons (Fsp3) is 0.714. The molecule has 3 rings (SSSR count). The third-order valence-electron chi connectivity index (χ3n) is 3.96. The van der Waals surface area contributed by atoms with E-state index < -0.39 is 10.0 Å². The van der Waals surface area contributed by atoms with Gasteiger partial charge in [-0.3, -0.25) is 4.90 Å². The SMILES string of the molecule is O=S(=O)(CCc1cccs1)NC[C@H]1CN(C2CC2)CCO1. The van der Waals surface area contributed by atoms with Crippen LogP contribution in [0, 0.1) is 0 Å². The van der Waals surface area contributed by atoms with Crippen molar-refractivity contribution in [1.29, 1.82) is 0 Å². The average Bonchev–Trinajstić information content (AvgIpc) is 3.20. The van der Waals surface area contributed by atoms with Gasteiger partial charge in [0.05, 0.1) is 18.5 Å². The summed E-state index contributed by atoms with van der Waals surface area (Å²) < 4.78 is 32.4. The van der Waals surface area contributed by atoms with E-state index in [-0.39, 0.29) is 11.9 Å². The largest absolute Gasteiger partial charge is 0.374 e. The fourth-order valence-electron chi connectivity index (χ4n) is 2.62. The summed E-state index contributed by atoms with van der Waals surface area (Å²) in [5.74, 6) is 0.145. The summed E-state index contributed by atoms with van der Waals surface area (Å²) in [7, 11) is -3.22. The van der Waals surface area contributed by atoms with E-state index in [2.05, 4.69) is 9.62 Å². The summed E-state index contributed by atoms with van der Waals surface area (Å²) in [6.45, 7) is 2.92. The zero-order valence-corrected chi connectivity index (χ0v) is 13.7. The summed E-state index contributed by atoms with van der Waals surface area (Å²) in [4.78, 5) is 3.53. The van der Waals surface area contributed by atoms with Gasteiger partial charge in [0, 0.05) is 30.6 Å². The summed E-state index contributed by atoms with van der Waals surface area (Å²) in [6, 6.07) is 4.63. The molecule has 0 spiro atoms. The first-order chi connectivity index (χ1) is 10.1. The quantitative estimate of drug-likeness (QED) is 0.813. The standard InChI is InChI=1S/C14H22N2O3S2/c17-21(18,9-5-14-2-1-8-20-14)15-10-13-11-16(6-7-19-13)12-3-4-12/h1-2,8,12-13,15H,3-7,9-11H2/t13-/m0/s1. The Morgan fingerprint density at radius 3 is 3.00 bits per heavy atom.